The first-order chi connectivity index (χ1) is 48.0. The van der Waals surface area contributed by atoms with E-state index in [2.05, 4.69) is 264 Å². The second kappa shape index (κ2) is 57.1. The van der Waals surface area contributed by atoms with E-state index in [9.17, 15) is 38.4 Å². The van der Waals surface area contributed by atoms with Crippen LogP contribution >= 0.6 is 34.8 Å². The van der Waals surface area contributed by atoms with Gasteiger partial charge in [-0.1, -0.05) is 233 Å². The second-order valence-corrected chi connectivity index (χ2v) is 40.2. The molecule has 8 amide bonds. The molecular weight excluding hydrogens is 1420 g/mol. The number of hydrogen-bond donors (Lipinski definition) is 7. The van der Waals surface area contributed by atoms with Gasteiger partial charge in [0.25, 0.3) is 0 Å². The summed E-state index contributed by atoms with van der Waals surface area (Å²) >= 11 is 16.0. The van der Waals surface area contributed by atoms with Crippen molar-refractivity contribution in [3.8, 4) is 6.07 Å². The van der Waals surface area contributed by atoms with Crippen LogP contribution in [0.3, 0.4) is 0 Å². The van der Waals surface area contributed by atoms with Crippen molar-refractivity contribution in [3.05, 3.63) is 49.6 Å². The summed E-state index contributed by atoms with van der Waals surface area (Å²) in [5.74, 6) is -0.298. The number of nitriles is 1. The Morgan fingerprint density at radius 3 is 1.08 bits per heavy atom. The normalized spacial score (nSPS) is 14.9. The smallest absolute Gasteiger partial charge is 0.243 e. The van der Waals surface area contributed by atoms with Crippen LogP contribution in [-0.2, 0) is 47.8 Å². The first-order valence-electron chi connectivity index (χ1n) is 37.7. The van der Waals surface area contributed by atoms with E-state index in [4.69, 9.17) is 49.5 Å². The molecule has 2 saturated heterocycles. The second-order valence-electron chi connectivity index (χ2n) is 39.4. The number of epoxide rings is 2. The molecule has 0 radical (unpaired) electrons. The molecule has 1 saturated carbocycles. The number of nitrogens with zero attached hydrogens (tertiary/aromatic N) is 3. The van der Waals surface area contributed by atoms with E-state index in [0.29, 0.717) is 49.2 Å². The molecule has 20 nitrogen and oxygen atoms in total. The Labute approximate surface area is 669 Å². The molecule has 2 aliphatic heterocycles. The van der Waals surface area contributed by atoms with Crippen molar-refractivity contribution in [1.82, 2.24) is 47.0 Å². The summed E-state index contributed by atoms with van der Waals surface area (Å²) in [4.78, 5) is 90.9. The van der Waals surface area contributed by atoms with E-state index < -0.39 is 5.41 Å². The Kier molecular flexibility index (Phi) is 61.5. The standard InChI is InChI=1S/C11H22N2O.C10H16N2O.C9H18ClNO.2C9H17NO.C8H16ClNO.C8H15NO.C7H14ClNO.C7H14O.C6H12O/c1-11(2,3)9-12-10(14)7-6-8-13(4)5;1-9(2,3)7-12-8(13)10(6-11)4-5-10;1-9(2,3)5-6-11(4)8(12)7-10;1-5-8(11)10-7-6-9(2,3)4;1-5-6-8(11)10-7-9(2,3)4;1-8(2,3)4-5-10-7(11)6-9;1-5-7(10)9-6-8(2,3)4;1-7(2,3)5-9-6(10)4-8;1-7(2,3)4-6-5-8-6;1-6(2,3)5-4-7-5/h6-7H,8-9H2,1-5H3,(H,12,14);4-5,7H2,1-3H3,(H,12,13);5-7H2,1-4H3;5H,1,6-7H2,2-4H3,(H,10,11);5-6H,7H2,1-4H3,(H,10,11);4-6H2,1-3H3,(H,10,11);5H,1,6H2,2-4H3,(H,9,10);4-5H2,1-3H3,(H,9,10);6H,4-5H2,1-3H3;5H,4H2,1-3H3/b7-6+;;;;6-5+;;;;;. The molecule has 3 aliphatic rings. The molecule has 2 unspecified atom stereocenters. The summed E-state index contributed by atoms with van der Waals surface area (Å²) in [5.41, 5.74) is 1.70. The third kappa shape index (κ3) is 101. The summed E-state index contributed by atoms with van der Waals surface area (Å²) in [5, 5.41) is 28.1. The molecule has 3 fully saturated rings. The number of carbonyl (C=O) groups excluding carboxylic acids is 8. The molecule has 628 valence electrons. The van der Waals surface area contributed by atoms with Gasteiger partial charge in [-0.3, -0.25) is 38.4 Å². The lowest BCUT2D eigenvalue weighted by Gasteiger charge is -2.23. The monoisotopic (exact) mass is 1580 g/mol. The lowest BCUT2D eigenvalue weighted by atomic mass is 9.91. The van der Waals surface area contributed by atoms with Crippen LogP contribution in [0.15, 0.2) is 49.6 Å². The van der Waals surface area contributed by atoms with E-state index in [1.807, 2.05) is 32.0 Å². The summed E-state index contributed by atoms with van der Waals surface area (Å²) in [6.45, 7) is 80.7. The molecule has 1 aliphatic carbocycles. The third-order valence-corrected chi connectivity index (χ3v) is 14.4. The zero-order valence-corrected chi connectivity index (χ0v) is 76.5. The van der Waals surface area contributed by atoms with Gasteiger partial charge in [-0.05, 0) is 132 Å². The minimum Gasteiger partial charge on any atom is -0.373 e. The van der Waals surface area contributed by atoms with Gasteiger partial charge in [0.15, 0.2) is 0 Å². The van der Waals surface area contributed by atoms with Crippen molar-refractivity contribution in [2.75, 3.05) is 111 Å². The average molecular weight is 1580 g/mol. The fourth-order valence-electron chi connectivity index (χ4n) is 6.61. The molecular formula is C84H161Cl3N10O10. The number of carbonyl (C=O) groups is 8. The molecule has 3 rings (SSSR count). The quantitative estimate of drug-likeness (QED) is 0.0303. The maximum atomic E-state index is 11.5. The molecule has 107 heavy (non-hydrogen) atoms. The van der Waals surface area contributed by atoms with Crippen LogP contribution in [0.5, 0.6) is 0 Å². The van der Waals surface area contributed by atoms with Crippen molar-refractivity contribution in [3.63, 3.8) is 0 Å². The van der Waals surface area contributed by atoms with Gasteiger partial charge in [0.2, 0.25) is 47.3 Å². The zero-order valence-electron chi connectivity index (χ0n) is 74.2. The predicted molar refractivity (Wildman–Crippen MR) is 454 cm³/mol. The van der Waals surface area contributed by atoms with Crippen LogP contribution < -0.4 is 37.2 Å². The molecule has 0 aromatic rings. The molecule has 0 spiro atoms. The molecule has 0 aromatic heterocycles. The highest BCUT2D eigenvalue weighted by molar-refractivity contribution is 6.27. The van der Waals surface area contributed by atoms with E-state index in [0.717, 1.165) is 78.0 Å². The Balaban J connectivity index is -0.000000209. The van der Waals surface area contributed by atoms with Crippen LogP contribution in [0.25, 0.3) is 0 Å². The maximum Gasteiger partial charge on any atom is 0.243 e. The average Bonchev–Trinajstić information content (AvgIpc) is 1.64. The van der Waals surface area contributed by atoms with Crippen molar-refractivity contribution in [2.45, 2.75) is 265 Å². The fraction of sp³-hybridized carbons (Fsp3) is 0.798. The number of amides is 8. The summed E-state index contributed by atoms with van der Waals surface area (Å²) in [6, 6.07) is 2.08. The van der Waals surface area contributed by atoms with E-state index in [1.54, 1.807) is 24.1 Å². The molecule has 0 aromatic carbocycles. The predicted octanol–water partition coefficient (Wildman–Crippen LogP) is 16.0. The number of nitrogens with one attached hydrogen (secondary N) is 7. The Morgan fingerprint density at radius 2 is 0.813 bits per heavy atom. The van der Waals surface area contributed by atoms with Crippen molar-refractivity contribution in [2.24, 2.45) is 59.6 Å². The van der Waals surface area contributed by atoms with E-state index in [-0.39, 0.29) is 108 Å². The summed E-state index contributed by atoms with van der Waals surface area (Å²) in [7, 11) is 5.73. The van der Waals surface area contributed by atoms with Gasteiger partial charge in [0, 0.05) is 72.0 Å². The molecule has 2 heterocycles. The lowest BCUT2D eigenvalue weighted by Crippen LogP contribution is -2.37. The van der Waals surface area contributed by atoms with E-state index in [1.165, 1.54) is 24.6 Å². The largest absolute Gasteiger partial charge is 0.373 e. The number of ether oxygens (including phenoxy) is 2. The highest BCUT2D eigenvalue weighted by Crippen LogP contribution is 2.45. The van der Waals surface area contributed by atoms with E-state index >= 15 is 0 Å². The first kappa shape index (κ1) is 115. The minimum absolute atomic E-state index is 0.000849. The topological polar surface area (TPSA) is 276 Å². The number of likely N-dealkylation sites (N-methyl/N-ethyl adjacent to an activating group) is 1. The molecule has 7 N–H and O–H groups in total. The lowest BCUT2D eigenvalue weighted by molar-refractivity contribution is -0.127. The van der Waals surface area contributed by atoms with Crippen LogP contribution in [0, 0.1) is 70.9 Å². The summed E-state index contributed by atoms with van der Waals surface area (Å²) < 4.78 is 10.2. The number of allylic oxidation sites excluding steroid dienone is 1. The Morgan fingerprint density at radius 1 is 0.467 bits per heavy atom. The Hall–Kier alpha value is -5.04. The summed E-state index contributed by atoms with van der Waals surface area (Å²) in [6.07, 6.45) is 16.1. The fourth-order valence-corrected chi connectivity index (χ4v) is 7.01. The Bertz CT molecular complexity index is 2590. The van der Waals surface area contributed by atoms with Gasteiger partial charge >= 0.3 is 0 Å². The number of halogens is 3. The van der Waals surface area contributed by atoms with Gasteiger partial charge in [0.1, 0.15) is 23.1 Å². The number of alkyl halides is 3. The highest BCUT2D eigenvalue weighted by atomic mass is 35.5. The van der Waals surface area contributed by atoms with Crippen LogP contribution in [0.2, 0.25) is 0 Å². The minimum atomic E-state index is -0.675. The molecule has 2 atom stereocenters. The van der Waals surface area contributed by atoms with Crippen molar-refractivity contribution >= 4 is 82.1 Å². The van der Waals surface area contributed by atoms with Crippen LogP contribution in [0.1, 0.15) is 253 Å². The highest BCUT2D eigenvalue weighted by Gasteiger charge is 2.50. The third-order valence-electron chi connectivity index (χ3n) is 13.7. The number of rotatable bonds is 22. The van der Waals surface area contributed by atoms with Gasteiger partial charge in [-0.2, -0.15) is 5.26 Å². The van der Waals surface area contributed by atoms with Crippen molar-refractivity contribution < 1.29 is 47.8 Å². The number of hydrogen-bond acceptors (Lipinski definition) is 12. The SMILES string of the molecule is C/C=C/C(=O)NCC(C)(C)C.C=CC(=O)NCC(C)(C)C.C=CC(=O)NCCC(C)(C)C.CC(C)(C)C1CO1.CC(C)(C)CC1CO1.CC(C)(C)CCNC(=O)CCl.CC(C)(C)CNC(=O)C1(C#N)CC1.CC(C)(C)CNC(=O)CCl.CN(C)C/C=C/C(=O)NCC(C)(C)C.CN(CCC(C)(C)C)C(=O)CCl. The van der Waals surface area contributed by atoms with Gasteiger partial charge in [-0.25, -0.2) is 0 Å². The van der Waals surface area contributed by atoms with Crippen molar-refractivity contribution in [1.29, 1.82) is 5.26 Å². The van der Waals surface area contributed by atoms with Gasteiger partial charge < -0.3 is 56.5 Å². The molecule has 0 bridgehead atoms. The maximum absolute atomic E-state index is 11.5. The van der Waals surface area contributed by atoms with Gasteiger partial charge in [-0.15, -0.1) is 34.8 Å². The zero-order chi connectivity index (χ0) is 85.9. The molecule has 23 heteroatoms. The van der Waals surface area contributed by atoms with Crippen LogP contribution in [-0.4, -0.2) is 180 Å². The first-order valence-corrected chi connectivity index (χ1v) is 39.3. The van der Waals surface area contributed by atoms with Gasteiger partial charge in [0.05, 0.1) is 31.5 Å². The van der Waals surface area contributed by atoms with Crippen LogP contribution in [0.4, 0.5) is 0 Å².